The quantitative estimate of drug-likeness (QED) is 0.345. The first-order chi connectivity index (χ1) is 14.7. The third-order valence-electron chi connectivity index (χ3n) is 4.47. The lowest BCUT2D eigenvalue weighted by Crippen LogP contribution is -2.18. The van der Waals surface area contributed by atoms with Gasteiger partial charge in [-0.2, -0.15) is 13.2 Å². The molecule has 0 spiro atoms. The van der Waals surface area contributed by atoms with E-state index in [2.05, 4.69) is 20.9 Å². The maximum Gasteiger partial charge on any atom is 0.416 e. The number of aliphatic carboxylic acids is 1. The minimum atomic E-state index is -4.61. The predicted octanol–water partition coefficient (Wildman–Crippen LogP) is 6.48. The summed E-state index contributed by atoms with van der Waals surface area (Å²) in [5.74, 6) is -1.51. The average molecular weight is 492 g/mol. The number of carbonyl (C=O) groups is 1. The van der Waals surface area contributed by atoms with Gasteiger partial charge in [0.25, 0.3) is 0 Å². The van der Waals surface area contributed by atoms with Crippen LogP contribution in [-0.2, 0) is 11.0 Å². The third-order valence-corrected chi connectivity index (χ3v) is 5.00. The molecule has 4 rings (SSSR count). The van der Waals surface area contributed by atoms with Crippen LogP contribution >= 0.6 is 15.9 Å². The lowest BCUT2D eigenvalue weighted by molar-refractivity contribution is -0.145. The molecule has 0 bridgehead atoms. The van der Waals surface area contributed by atoms with Crippen molar-refractivity contribution in [2.75, 3.05) is 0 Å². The lowest BCUT2D eigenvalue weighted by Gasteiger charge is -2.18. The fraction of sp³-hybridized carbons (Fsp3) is 0.0909. The molecule has 4 aromatic rings. The van der Waals surface area contributed by atoms with Gasteiger partial charge in [-0.25, -0.2) is 9.78 Å². The first-order valence-corrected chi connectivity index (χ1v) is 9.74. The van der Waals surface area contributed by atoms with Gasteiger partial charge in [-0.15, -0.1) is 0 Å². The van der Waals surface area contributed by atoms with E-state index >= 15 is 0 Å². The van der Waals surface area contributed by atoms with Gasteiger partial charge in [-0.1, -0.05) is 40.2 Å². The highest BCUT2D eigenvalue weighted by Gasteiger charge is 2.33. The molecule has 5 nitrogen and oxygen atoms in total. The van der Waals surface area contributed by atoms with Crippen LogP contribution in [0.25, 0.3) is 22.6 Å². The number of para-hydroxylation sites is 2. The number of ether oxygens (including phenoxy) is 1. The van der Waals surface area contributed by atoms with Crippen LogP contribution in [-0.4, -0.2) is 16.1 Å². The average Bonchev–Trinajstić information content (AvgIpc) is 3.16. The zero-order valence-corrected chi connectivity index (χ0v) is 17.1. The van der Waals surface area contributed by atoms with Crippen molar-refractivity contribution >= 4 is 33.0 Å². The first-order valence-electron chi connectivity index (χ1n) is 8.94. The fourth-order valence-electron chi connectivity index (χ4n) is 2.99. The first kappa shape index (κ1) is 20.9. The second-order valence-corrected chi connectivity index (χ2v) is 7.50. The SMILES string of the molecule is O=C(O)C(Oc1ccc(C(F)(F)F)cc1-c1nc2ccccc2o1)c1ccc(Br)cc1. The number of hydrogen-bond donors (Lipinski definition) is 1. The van der Waals surface area contributed by atoms with Crippen molar-refractivity contribution < 1.29 is 32.2 Å². The number of carboxylic acid groups (broad SMARTS) is 1. The van der Waals surface area contributed by atoms with Gasteiger partial charge in [0.2, 0.25) is 12.0 Å². The molecule has 1 unspecified atom stereocenters. The number of aromatic nitrogens is 1. The highest BCUT2D eigenvalue weighted by atomic mass is 79.9. The van der Waals surface area contributed by atoms with Crippen LogP contribution in [0.4, 0.5) is 13.2 Å². The monoisotopic (exact) mass is 491 g/mol. The molecule has 0 amide bonds. The van der Waals surface area contributed by atoms with E-state index in [1.807, 2.05) is 0 Å². The Bertz CT molecular complexity index is 1220. The summed E-state index contributed by atoms with van der Waals surface area (Å²) in [4.78, 5) is 16.1. The summed E-state index contributed by atoms with van der Waals surface area (Å²) in [6.45, 7) is 0. The van der Waals surface area contributed by atoms with E-state index in [1.165, 1.54) is 0 Å². The molecule has 31 heavy (non-hydrogen) atoms. The maximum atomic E-state index is 13.3. The molecule has 3 aromatic carbocycles. The van der Waals surface area contributed by atoms with Crippen molar-refractivity contribution in [3.05, 3.63) is 82.3 Å². The van der Waals surface area contributed by atoms with E-state index in [0.717, 1.165) is 22.7 Å². The molecule has 0 fully saturated rings. The van der Waals surface area contributed by atoms with E-state index in [9.17, 15) is 23.1 Å². The van der Waals surface area contributed by atoms with Crippen LogP contribution in [0.2, 0.25) is 0 Å². The Kier molecular flexibility index (Phi) is 5.45. The molecule has 1 atom stereocenters. The van der Waals surface area contributed by atoms with Crippen LogP contribution < -0.4 is 4.74 Å². The van der Waals surface area contributed by atoms with Gasteiger partial charge >= 0.3 is 12.1 Å². The molecule has 0 aliphatic carbocycles. The van der Waals surface area contributed by atoms with Crippen molar-refractivity contribution in [1.29, 1.82) is 0 Å². The molecule has 0 aliphatic rings. The molecule has 1 N–H and O–H groups in total. The lowest BCUT2D eigenvalue weighted by atomic mass is 10.1. The Morgan fingerprint density at radius 3 is 2.42 bits per heavy atom. The van der Waals surface area contributed by atoms with E-state index in [0.29, 0.717) is 16.7 Å². The number of benzene rings is 3. The minimum Gasteiger partial charge on any atom is -0.478 e. The number of oxazole rings is 1. The van der Waals surface area contributed by atoms with Crippen molar-refractivity contribution in [2.24, 2.45) is 0 Å². The molecule has 1 heterocycles. The highest BCUT2D eigenvalue weighted by molar-refractivity contribution is 9.10. The summed E-state index contributed by atoms with van der Waals surface area (Å²) >= 11 is 3.27. The number of halogens is 4. The van der Waals surface area contributed by atoms with Gasteiger partial charge in [0, 0.05) is 10.0 Å². The van der Waals surface area contributed by atoms with Gasteiger partial charge in [-0.05, 0) is 42.5 Å². The smallest absolute Gasteiger partial charge is 0.416 e. The van der Waals surface area contributed by atoms with Crippen LogP contribution in [0, 0.1) is 0 Å². The maximum absolute atomic E-state index is 13.3. The van der Waals surface area contributed by atoms with Crippen LogP contribution in [0.5, 0.6) is 5.75 Å². The Morgan fingerprint density at radius 1 is 1.06 bits per heavy atom. The number of fused-ring (bicyclic) bond motifs is 1. The van der Waals surface area contributed by atoms with Gasteiger partial charge in [0.05, 0.1) is 11.1 Å². The van der Waals surface area contributed by atoms with Crippen LogP contribution in [0.1, 0.15) is 17.2 Å². The molecule has 0 aliphatic heterocycles. The Balaban J connectivity index is 1.82. The molecular weight excluding hydrogens is 479 g/mol. The summed E-state index contributed by atoms with van der Waals surface area (Å²) in [5, 5.41) is 9.66. The molecule has 1 aromatic heterocycles. The van der Waals surface area contributed by atoms with E-state index in [1.54, 1.807) is 48.5 Å². The molecular formula is C22H13BrF3NO4. The van der Waals surface area contributed by atoms with Crippen molar-refractivity contribution in [3.63, 3.8) is 0 Å². The minimum absolute atomic E-state index is 0.102. The third kappa shape index (κ3) is 4.41. The summed E-state index contributed by atoms with van der Waals surface area (Å²) in [5.41, 5.74) is 0.105. The molecule has 0 saturated carbocycles. The topological polar surface area (TPSA) is 72.6 Å². The summed E-state index contributed by atoms with van der Waals surface area (Å²) in [6, 6.07) is 15.8. The highest BCUT2D eigenvalue weighted by Crippen LogP contribution is 2.39. The summed E-state index contributed by atoms with van der Waals surface area (Å²) in [6.07, 6.45) is -6.06. The van der Waals surface area contributed by atoms with Crippen molar-refractivity contribution in [1.82, 2.24) is 4.98 Å². The van der Waals surface area contributed by atoms with Crippen LogP contribution in [0.3, 0.4) is 0 Å². The van der Waals surface area contributed by atoms with Gasteiger partial charge in [-0.3, -0.25) is 0 Å². The second kappa shape index (κ2) is 8.07. The van der Waals surface area contributed by atoms with Crippen molar-refractivity contribution in [2.45, 2.75) is 12.3 Å². The Hall–Kier alpha value is -3.33. The zero-order chi connectivity index (χ0) is 22.2. The largest absolute Gasteiger partial charge is 0.478 e. The Labute approximate surface area is 182 Å². The molecule has 0 radical (unpaired) electrons. The number of hydrogen-bond acceptors (Lipinski definition) is 4. The predicted molar refractivity (Wildman–Crippen MR) is 110 cm³/mol. The molecule has 9 heteroatoms. The molecule has 158 valence electrons. The van der Waals surface area contributed by atoms with Gasteiger partial charge in [0.15, 0.2) is 5.58 Å². The standard InChI is InChI=1S/C22H13BrF3NO4/c23-14-8-5-12(6-9-14)19(21(28)29)30-17-10-7-13(22(24,25)26)11-15(17)20-27-16-3-1-2-4-18(16)31-20/h1-11,19H,(H,28,29). The van der Waals surface area contributed by atoms with Crippen molar-refractivity contribution in [3.8, 4) is 17.2 Å². The summed E-state index contributed by atoms with van der Waals surface area (Å²) in [7, 11) is 0. The Morgan fingerprint density at radius 2 is 1.77 bits per heavy atom. The zero-order valence-electron chi connectivity index (χ0n) is 15.6. The van der Waals surface area contributed by atoms with Gasteiger partial charge in [0.1, 0.15) is 11.3 Å². The van der Waals surface area contributed by atoms with Gasteiger partial charge < -0.3 is 14.3 Å². The second-order valence-electron chi connectivity index (χ2n) is 6.58. The number of alkyl halides is 3. The van der Waals surface area contributed by atoms with E-state index in [4.69, 9.17) is 9.15 Å². The number of nitrogens with zero attached hydrogens (tertiary/aromatic N) is 1. The van der Waals surface area contributed by atoms with Crippen LogP contribution in [0.15, 0.2) is 75.6 Å². The normalized spacial score (nSPS) is 12.6. The van der Waals surface area contributed by atoms with E-state index in [-0.39, 0.29) is 17.2 Å². The summed E-state index contributed by atoms with van der Waals surface area (Å²) < 4.78 is 52.0. The fourth-order valence-corrected chi connectivity index (χ4v) is 3.25. The number of carboxylic acids is 1. The molecule has 0 saturated heterocycles. The number of rotatable bonds is 5. The van der Waals surface area contributed by atoms with E-state index < -0.39 is 23.8 Å².